The lowest BCUT2D eigenvalue weighted by Gasteiger charge is -2.32. The Hall–Kier alpha value is -1.14. The average molecular weight is 397 g/mol. The summed E-state index contributed by atoms with van der Waals surface area (Å²) in [6.07, 6.45) is 5.25. The molecular formula is C22H36O6. The van der Waals surface area contributed by atoms with E-state index in [9.17, 15) is 9.59 Å². The highest BCUT2D eigenvalue weighted by atomic mass is 16.6. The first-order valence-electron chi connectivity index (χ1n) is 10.6. The third-order valence-corrected chi connectivity index (χ3v) is 6.44. The summed E-state index contributed by atoms with van der Waals surface area (Å²) in [5.74, 6) is -0.379. The van der Waals surface area contributed by atoms with Crippen molar-refractivity contribution >= 4 is 11.9 Å². The molecule has 0 aromatic heterocycles. The SMILES string of the molecule is CC1OC1CCC(C)(C)C(=O)OCC(C)(C)COC(=O)C1(C)CCC2OC2C1. The fourth-order valence-electron chi connectivity index (χ4n) is 3.88. The predicted molar refractivity (Wildman–Crippen MR) is 104 cm³/mol. The molecule has 0 amide bonds. The van der Waals surface area contributed by atoms with E-state index >= 15 is 0 Å². The second-order valence-corrected chi connectivity index (χ2v) is 10.6. The molecule has 6 nitrogen and oxygen atoms in total. The number of fused-ring (bicyclic) bond motifs is 1. The molecule has 5 atom stereocenters. The topological polar surface area (TPSA) is 77.7 Å². The number of hydrogen-bond acceptors (Lipinski definition) is 6. The summed E-state index contributed by atoms with van der Waals surface area (Å²) < 4.78 is 22.2. The number of esters is 2. The van der Waals surface area contributed by atoms with Gasteiger partial charge in [-0.2, -0.15) is 0 Å². The Kier molecular flexibility index (Phi) is 5.85. The predicted octanol–water partition coefficient (Wildman–Crippen LogP) is 3.65. The highest BCUT2D eigenvalue weighted by Gasteiger charge is 2.52. The largest absolute Gasteiger partial charge is 0.465 e. The summed E-state index contributed by atoms with van der Waals surface area (Å²) in [6, 6.07) is 0. The zero-order valence-electron chi connectivity index (χ0n) is 18.2. The maximum Gasteiger partial charge on any atom is 0.311 e. The average Bonchev–Trinajstić information content (AvgIpc) is 3.52. The molecule has 3 fully saturated rings. The molecule has 1 saturated carbocycles. The number of carbonyl (C=O) groups is 2. The standard InChI is InChI=1S/C22H36O6/c1-14-15(27-14)7-9-21(4,5)18(23)25-12-20(2,3)13-26-19(24)22(6)10-8-16-17(11-22)28-16/h14-17H,7-13H2,1-6H3. The quantitative estimate of drug-likeness (QED) is 0.437. The lowest BCUT2D eigenvalue weighted by atomic mass is 9.76. The lowest BCUT2D eigenvalue weighted by Crippen LogP contribution is -2.38. The number of epoxide rings is 2. The van der Waals surface area contributed by atoms with Gasteiger partial charge in [0, 0.05) is 5.41 Å². The van der Waals surface area contributed by atoms with Crippen molar-refractivity contribution in [3.05, 3.63) is 0 Å². The van der Waals surface area contributed by atoms with Gasteiger partial charge < -0.3 is 18.9 Å². The molecule has 0 aromatic carbocycles. The molecule has 6 heteroatoms. The molecule has 2 saturated heterocycles. The third kappa shape index (κ3) is 5.26. The highest BCUT2D eigenvalue weighted by Crippen LogP contribution is 2.47. The second-order valence-electron chi connectivity index (χ2n) is 10.6. The lowest BCUT2D eigenvalue weighted by molar-refractivity contribution is -0.165. The fraction of sp³-hybridized carbons (Fsp3) is 0.909. The first-order chi connectivity index (χ1) is 12.9. The number of rotatable bonds is 9. The van der Waals surface area contributed by atoms with Crippen molar-refractivity contribution in [2.24, 2.45) is 16.2 Å². The van der Waals surface area contributed by atoms with Gasteiger partial charge in [0.1, 0.15) is 0 Å². The summed E-state index contributed by atoms with van der Waals surface area (Å²) in [4.78, 5) is 25.1. The van der Waals surface area contributed by atoms with Gasteiger partial charge in [-0.3, -0.25) is 9.59 Å². The molecule has 0 radical (unpaired) electrons. The van der Waals surface area contributed by atoms with Crippen LogP contribution in [0.15, 0.2) is 0 Å². The number of ether oxygens (including phenoxy) is 4. The molecule has 0 aromatic rings. The first kappa shape index (κ1) is 21.6. The highest BCUT2D eigenvalue weighted by molar-refractivity contribution is 5.77. The Morgan fingerprint density at radius 1 is 1.07 bits per heavy atom. The minimum Gasteiger partial charge on any atom is -0.465 e. The van der Waals surface area contributed by atoms with Crippen LogP contribution < -0.4 is 0 Å². The minimum atomic E-state index is -0.547. The van der Waals surface area contributed by atoms with Gasteiger partial charge in [0.25, 0.3) is 0 Å². The van der Waals surface area contributed by atoms with Gasteiger partial charge in [-0.05, 0) is 59.8 Å². The normalized spacial score (nSPS) is 34.4. The zero-order chi connectivity index (χ0) is 20.7. The molecule has 3 aliphatic rings. The second kappa shape index (κ2) is 7.60. The van der Waals surface area contributed by atoms with Gasteiger partial charge in [0.15, 0.2) is 0 Å². The van der Waals surface area contributed by atoms with Crippen LogP contribution in [0, 0.1) is 16.2 Å². The van der Waals surface area contributed by atoms with Crippen molar-refractivity contribution in [2.45, 2.75) is 98.1 Å². The van der Waals surface area contributed by atoms with Crippen molar-refractivity contribution in [3.8, 4) is 0 Å². The molecule has 0 bridgehead atoms. The van der Waals surface area contributed by atoms with E-state index in [1.807, 2.05) is 41.5 Å². The van der Waals surface area contributed by atoms with E-state index in [1.54, 1.807) is 0 Å². The van der Waals surface area contributed by atoms with E-state index in [0.29, 0.717) is 12.2 Å². The number of carbonyl (C=O) groups excluding carboxylic acids is 2. The molecule has 5 unspecified atom stereocenters. The van der Waals surface area contributed by atoms with Crippen LogP contribution in [0.1, 0.15) is 73.6 Å². The zero-order valence-corrected chi connectivity index (χ0v) is 18.2. The van der Waals surface area contributed by atoms with Gasteiger partial charge in [-0.25, -0.2) is 0 Å². The molecule has 1 aliphatic carbocycles. The molecule has 3 rings (SSSR count). The van der Waals surface area contributed by atoms with Crippen LogP contribution in [0.5, 0.6) is 0 Å². The maximum absolute atomic E-state index is 12.6. The molecule has 160 valence electrons. The van der Waals surface area contributed by atoms with E-state index in [4.69, 9.17) is 18.9 Å². The van der Waals surface area contributed by atoms with E-state index in [-0.39, 0.29) is 37.4 Å². The van der Waals surface area contributed by atoms with Gasteiger partial charge in [-0.1, -0.05) is 13.8 Å². The van der Waals surface area contributed by atoms with Crippen LogP contribution in [0.25, 0.3) is 0 Å². The summed E-state index contributed by atoms with van der Waals surface area (Å²) in [6.45, 7) is 12.2. The molecule has 2 heterocycles. The van der Waals surface area contributed by atoms with Gasteiger partial charge in [0.05, 0.1) is 48.5 Å². The molecule has 2 aliphatic heterocycles. The fourth-order valence-corrected chi connectivity index (χ4v) is 3.88. The van der Waals surface area contributed by atoms with Crippen LogP contribution in [0.3, 0.4) is 0 Å². The van der Waals surface area contributed by atoms with Crippen LogP contribution in [-0.4, -0.2) is 49.6 Å². The first-order valence-corrected chi connectivity index (χ1v) is 10.6. The molecule has 0 N–H and O–H groups in total. The Morgan fingerprint density at radius 3 is 2.32 bits per heavy atom. The summed E-state index contributed by atoms with van der Waals surface area (Å²) in [5.41, 5.74) is -1.44. The van der Waals surface area contributed by atoms with Crippen molar-refractivity contribution in [2.75, 3.05) is 13.2 Å². The molecular weight excluding hydrogens is 360 g/mol. The summed E-state index contributed by atoms with van der Waals surface area (Å²) in [7, 11) is 0. The summed E-state index contributed by atoms with van der Waals surface area (Å²) >= 11 is 0. The van der Waals surface area contributed by atoms with Crippen molar-refractivity contribution in [1.29, 1.82) is 0 Å². The van der Waals surface area contributed by atoms with Crippen LogP contribution >= 0.6 is 0 Å². The smallest absolute Gasteiger partial charge is 0.311 e. The summed E-state index contributed by atoms with van der Waals surface area (Å²) in [5, 5.41) is 0. The van der Waals surface area contributed by atoms with Crippen LogP contribution in [0.4, 0.5) is 0 Å². The minimum absolute atomic E-state index is 0.167. The Bertz CT molecular complexity index is 612. The Labute approximate surface area is 168 Å². The monoisotopic (exact) mass is 396 g/mol. The number of hydrogen-bond donors (Lipinski definition) is 0. The van der Waals surface area contributed by atoms with Gasteiger partial charge in [0.2, 0.25) is 0 Å². The van der Waals surface area contributed by atoms with E-state index in [2.05, 4.69) is 0 Å². The third-order valence-electron chi connectivity index (χ3n) is 6.44. The van der Waals surface area contributed by atoms with Crippen molar-refractivity contribution in [3.63, 3.8) is 0 Å². The van der Waals surface area contributed by atoms with Crippen LogP contribution in [-0.2, 0) is 28.5 Å². The Morgan fingerprint density at radius 2 is 1.71 bits per heavy atom. The van der Waals surface area contributed by atoms with Gasteiger partial charge in [-0.15, -0.1) is 0 Å². The van der Waals surface area contributed by atoms with Crippen molar-refractivity contribution in [1.82, 2.24) is 0 Å². The molecule has 28 heavy (non-hydrogen) atoms. The maximum atomic E-state index is 12.6. The van der Waals surface area contributed by atoms with Crippen LogP contribution in [0.2, 0.25) is 0 Å². The van der Waals surface area contributed by atoms with Gasteiger partial charge >= 0.3 is 11.9 Å². The van der Waals surface area contributed by atoms with Crippen molar-refractivity contribution < 1.29 is 28.5 Å². The Balaban J connectivity index is 1.40. The van der Waals surface area contributed by atoms with E-state index in [0.717, 1.165) is 32.1 Å². The molecule has 0 spiro atoms. The van der Waals surface area contributed by atoms with E-state index < -0.39 is 16.2 Å². The van der Waals surface area contributed by atoms with E-state index in [1.165, 1.54) is 0 Å².